The highest BCUT2D eigenvalue weighted by Gasteiger charge is 2.34. The topological polar surface area (TPSA) is 117 Å². The van der Waals surface area contributed by atoms with Gasteiger partial charge in [-0.25, -0.2) is 4.98 Å². The van der Waals surface area contributed by atoms with E-state index in [1.807, 2.05) is 33.9 Å². The van der Waals surface area contributed by atoms with E-state index in [1.165, 1.54) is 11.3 Å². The number of nitrogens with two attached hydrogens (primary N) is 1. The Kier molecular flexibility index (Phi) is 4.88. The maximum absolute atomic E-state index is 12.1. The summed E-state index contributed by atoms with van der Waals surface area (Å²) in [5, 5.41) is 18.4. The van der Waals surface area contributed by atoms with E-state index in [4.69, 9.17) is 5.73 Å². The summed E-state index contributed by atoms with van der Waals surface area (Å²) < 4.78 is 3.87. The average molecular weight is 386 g/mol. The molecule has 1 fully saturated rings. The summed E-state index contributed by atoms with van der Waals surface area (Å²) in [7, 11) is 1.99. The zero-order valence-electron chi connectivity index (χ0n) is 15.1. The van der Waals surface area contributed by atoms with Gasteiger partial charge in [0, 0.05) is 43.2 Å². The third kappa shape index (κ3) is 4.00. The summed E-state index contributed by atoms with van der Waals surface area (Å²) in [6.07, 6.45) is 6.49. The molecule has 27 heavy (non-hydrogen) atoms. The van der Waals surface area contributed by atoms with Crippen molar-refractivity contribution in [3.63, 3.8) is 0 Å². The maximum atomic E-state index is 12.1. The summed E-state index contributed by atoms with van der Waals surface area (Å²) >= 11 is 1.40. The Morgan fingerprint density at radius 1 is 1.41 bits per heavy atom. The van der Waals surface area contributed by atoms with Gasteiger partial charge in [-0.1, -0.05) is 0 Å². The smallest absolute Gasteiger partial charge is 0.220 e. The quantitative estimate of drug-likeness (QED) is 0.628. The molecule has 0 spiro atoms. The highest BCUT2D eigenvalue weighted by molar-refractivity contribution is 7.13. The molecule has 142 valence electrons. The summed E-state index contributed by atoms with van der Waals surface area (Å²) in [5.41, 5.74) is 6.49. The van der Waals surface area contributed by atoms with Crippen LogP contribution in [0.2, 0.25) is 0 Å². The lowest BCUT2D eigenvalue weighted by Crippen LogP contribution is -2.44. The first-order valence-corrected chi connectivity index (χ1v) is 9.81. The molecule has 3 aromatic heterocycles. The number of thiazole rings is 1. The lowest BCUT2D eigenvalue weighted by Gasteiger charge is -2.35. The SMILES string of the molecule is Cn1c(Cn2cccn2)nnc1C1CC(NC(=O)CCc2csc(N)n2)C1. The number of anilines is 1. The van der Waals surface area contributed by atoms with Crippen LogP contribution in [0.1, 0.15) is 42.5 Å². The highest BCUT2D eigenvalue weighted by atomic mass is 32.1. The van der Waals surface area contributed by atoms with Crippen molar-refractivity contribution in [2.45, 2.75) is 44.2 Å². The van der Waals surface area contributed by atoms with Crippen LogP contribution in [-0.2, 0) is 24.8 Å². The number of rotatable bonds is 7. The first-order valence-electron chi connectivity index (χ1n) is 8.93. The minimum Gasteiger partial charge on any atom is -0.375 e. The molecule has 1 amide bonds. The lowest BCUT2D eigenvalue weighted by molar-refractivity contribution is -0.122. The number of amides is 1. The number of nitrogens with one attached hydrogen (secondary N) is 1. The van der Waals surface area contributed by atoms with E-state index >= 15 is 0 Å². The second-order valence-corrected chi connectivity index (χ2v) is 7.74. The predicted molar refractivity (Wildman–Crippen MR) is 101 cm³/mol. The van der Waals surface area contributed by atoms with Crippen molar-refractivity contribution in [2.24, 2.45) is 7.05 Å². The van der Waals surface area contributed by atoms with Gasteiger partial charge < -0.3 is 15.6 Å². The molecule has 1 aliphatic rings. The molecular formula is C17H22N8OS. The molecule has 0 saturated heterocycles. The van der Waals surface area contributed by atoms with Gasteiger partial charge in [-0.3, -0.25) is 9.48 Å². The third-order valence-electron chi connectivity index (χ3n) is 4.91. The molecule has 4 rings (SSSR count). The fourth-order valence-corrected chi connectivity index (χ4v) is 3.93. The zero-order valence-corrected chi connectivity index (χ0v) is 15.9. The number of carbonyl (C=O) groups excluding carboxylic acids is 1. The van der Waals surface area contributed by atoms with Crippen molar-refractivity contribution in [3.8, 4) is 0 Å². The molecule has 0 atom stereocenters. The molecule has 1 saturated carbocycles. The molecule has 3 N–H and O–H groups in total. The van der Waals surface area contributed by atoms with Crippen LogP contribution in [-0.4, -0.2) is 41.5 Å². The van der Waals surface area contributed by atoms with Crippen LogP contribution in [0.5, 0.6) is 0 Å². The van der Waals surface area contributed by atoms with E-state index in [9.17, 15) is 4.79 Å². The standard InChI is InChI=1S/C17H22N8OS/c1-24-14(9-25-6-2-5-19-25)22-23-16(24)11-7-13(8-11)20-15(26)4-3-12-10-27-17(18)21-12/h2,5-6,10-11,13H,3-4,7-9H2,1H3,(H2,18,21)(H,20,26). The van der Waals surface area contributed by atoms with Gasteiger partial charge in [0.25, 0.3) is 0 Å². The largest absolute Gasteiger partial charge is 0.375 e. The molecule has 3 aromatic rings. The normalized spacial score (nSPS) is 19.0. The van der Waals surface area contributed by atoms with Gasteiger partial charge in [0.2, 0.25) is 5.91 Å². The Morgan fingerprint density at radius 2 is 2.26 bits per heavy atom. The molecule has 0 aliphatic heterocycles. The minimum absolute atomic E-state index is 0.0577. The van der Waals surface area contributed by atoms with Crippen LogP contribution in [0.4, 0.5) is 5.13 Å². The molecule has 0 radical (unpaired) electrons. The number of carbonyl (C=O) groups is 1. The summed E-state index contributed by atoms with van der Waals surface area (Å²) in [6.45, 7) is 0.602. The van der Waals surface area contributed by atoms with Crippen LogP contribution in [0.25, 0.3) is 0 Å². The van der Waals surface area contributed by atoms with Crippen LogP contribution in [0, 0.1) is 0 Å². The second-order valence-electron chi connectivity index (χ2n) is 6.85. The number of hydrogen-bond acceptors (Lipinski definition) is 7. The van der Waals surface area contributed by atoms with E-state index in [-0.39, 0.29) is 11.9 Å². The fourth-order valence-electron chi connectivity index (χ4n) is 3.33. The molecule has 10 heteroatoms. The molecule has 0 unspecified atom stereocenters. The van der Waals surface area contributed by atoms with E-state index in [2.05, 4.69) is 25.6 Å². The first kappa shape index (κ1) is 17.7. The Hall–Kier alpha value is -2.75. The van der Waals surface area contributed by atoms with Crippen molar-refractivity contribution < 1.29 is 4.79 Å². The molecule has 0 aromatic carbocycles. The third-order valence-corrected chi connectivity index (χ3v) is 5.63. The van der Waals surface area contributed by atoms with E-state index < -0.39 is 0 Å². The Morgan fingerprint density at radius 3 is 2.96 bits per heavy atom. The number of nitrogens with zero attached hydrogens (tertiary/aromatic N) is 6. The summed E-state index contributed by atoms with van der Waals surface area (Å²) in [4.78, 5) is 16.3. The predicted octanol–water partition coefficient (Wildman–Crippen LogP) is 1.09. The Bertz CT molecular complexity index is 909. The first-order chi connectivity index (χ1) is 13.1. The fraction of sp³-hybridized carbons (Fsp3) is 0.471. The number of aryl methyl sites for hydroxylation is 1. The van der Waals surface area contributed by atoms with Crippen molar-refractivity contribution in [1.29, 1.82) is 0 Å². The summed E-state index contributed by atoms with van der Waals surface area (Å²) in [6, 6.07) is 2.09. The Labute approximate surface area is 160 Å². The maximum Gasteiger partial charge on any atom is 0.220 e. The van der Waals surface area contributed by atoms with Gasteiger partial charge in [-0.05, 0) is 25.3 Å². The van der Waals surface area contributed by atoms with Gasteiger partial charge in [0.15, 0.2) is 11.0 Å². The van der Waals surface area contributed by atoms with Crippen molar-refractivity contribution >= 4 is 22.4 Å². The molecule has 1 aliphatic carbocycles. The van der Waals surface area contributed by atoms with E-state index in [0.717, 1.165) is 30.2 Å². The number of hydrogen-bond donors (Lipinski definition) is 2. The second kappa shape index (κ2) is 7.47. The molecule has 0 bridgehead atoms. The zero-order chi connectivity index (χ0) is 18.8. The van der Waals surface area contributed by atoms with Gasteiger partial charge in [-0.2, -0.15) is 5.10 Å². The monoisotopic (exact) mass is 386 g/mol. The van der Waals surface area contributed by atoms with Crippen molar-refractivity contribution in [2.75, 3.05) is 5.73 Å². The van der Waals surface area contributed by atoms with Crippen LogP contribution >= 0.6 is 11.3 Å². The highest BCUT2D eigenvalue weighted by Crippen LogP contribution is 2.36. The number of aromatic nitrogens is 6. The number of nitrogen functional groups attached to an aromatic ring is 1. The van der Waals surface area contributed by atoms with Gasteiger partial charge in [0.1, 0.15) is 12.4 Å². The molecule has 9 nitrogen and oxygen atoms in total. The minimum atomic E-state index is 0.0577. The van der Waals surface area contributed by atoms with Crippen LogP contribution in [0.3, 0.4) is 0 Å². The van der Waals surface area contributed by atoms with Crippen LogP contribution in [0.15, 0.2) is 23.8 Å². The average Bonchev–Trinajstić information content (AvgIpc) is 3.34. The lowest BCUT2D eigenvalue weighted by atomic mass is 9.79. The van der Waals surface area contributed by atoms with Gasteiger partial charge in [0.05, 0.1) is 5.69 Å². The molecular weight excluding hydrogens is 364 g/mol. The van der Waals surface area contributed by atoms with Gasteiger partial charge in [-0.15, -0.1) is 21.5 Å². The van der Waals surface area contributed by atoms with E-state index in [0.29, 0.717) is 30.4 Å². The van der Waals surface area contributed by atoms with Gasteiger partial charge >= 0.3 is 0 Å². The molecule has 3 heterocycles. The van der Waals surface area contributed by atoms with Crippen molar-refractivity contribution in [3.05, 3.63) is 41.2 Å². The Balaban J connectivity index is 1.24. The van der Waals surface area contributed by atoms with Crippen LogP contribution < -0.4 is 11.1 Å². The van der Waals surface area contributed by atoms with E-state index in [1.54, 1.807) is 6.20 Å². The summed E-state index contributed by atoms with van der Waals surface area (Å²) in [5.74, 6) is 2.24. The van der Waals surface area contributed by atoms with Crippen molar-refractivity contribution in [1.82, 2.24) is 34.8 Å².